The summed E-state index contributed by atoms with van der Waals surface area (Å²) in [6, 6.07) is 0.175. The van der Waals surface area contributed by atoms with E-state index in [1.807, 2.05) is 25.7 Å². The van der Waals surface area contributed by atoms with Gasteiger partial charge in [-0.25, -0.2) is 4.79 Å². The van der Waals surface area contributed by atoms with Crippen molar-refractivity contribution in [3.8, 4) is 0 Å². The molecule has 0 aromatic carbocycles. The van der Waals surface area contributed by atoms with Crippen molar-refractivity contribution >= 4 is 11.9 Å². The van der Waals surface area contributed by atoms with Crippen LogP contribution in [-0.4, -0.2) is 67.0 Å². The first-order valence-corrected chi connectivity index (χ1v) is 7.12. The van der Waals surface area contributed by atoms with Crippen molar-refractivity contribution in [2.45, 2.75) is 33.2 Å². The Morgan fingerprint density at radius 3 is 2.16 bits per heavy atom. The normalized spacial score (nSPS) is 17.2. The first-order chi connectivity index (χ1) is 9.08. The zero-order valence-corrected chi connectivity index (χ0v) is 12.2. The van der Waals surface area contributed by atoms with Crippen LogP contribution in [0.15, 0.2) is 0 Å². The molecule has 1 saturated heterocycles. The second-order valence-corrected chi connectivity index (χ2v) is 4.87. The quantitative estimate of drug-likeness (QED) is 0.752. The molecule has 6 nitrogen and oxygen atoms in total. The van der Waals surface area contributed by atoms with Gasteiger partial charge in [0.25, 0.3) is 0 Å². The predicted molar refractivity (Wildman–Crippen MR) is 75.0 cm³/mol. The second-order valence-electron chi connectivity index (χ2n) is 4.87. The van der Waals surface area contributed by atoms with Crippen LogP contribution in [0.5, 0.6) is 0 Å². The molecule has 1 unspecified atom stereocenters. The average Bonchev–Trinajstić information content (AvgIpc) is 2.39. The van der Waals surface area contributed by atoms with Crippen LogP contribution < -0.4 is 10.6 Å². The van der Waals surface area contributed by atoms with Crippen LogP contribution in [0.4, 0.5) is 4.79 Å². The number of carbonyl (C=O) groups is 2. The van der Waals surface area contributed by atoms with E-state index in [4.69, 9.17) is 0 Å². The number of carbonyl (C=O) groups excluding carboxylic acids is 2. The fraction of sp³-hybridized carbons (Fsp3) is 0.846. The Labute approximate surface area is 115 Å². The maximum Gasteiger partial charge on any atom is 0.317 e. The summed E-state index contributed by atoms with van der Waals surface area (Å²) in [5.74, 6) is 0.170. The molecular weight excluding hydrogens is 244 g/mol. The molecule has 0 radical (unpaired) electrons. The maximum atomic E-state index is 12.1. The Kier molecular flexibility index (Phi) is 6.62. The zero-order valence-electron chi connectivity index (χ0n) is 12.2. The summed E-state index contributed by atoms with van der Waals surface area (Å²) in [4.78, 5) is 27.3. The minimum absolute atomic E-state index is 0.0318. The third-order valence-corrected chi connectivity index (χ3v) is 3.28. The standard InChI is InChI=1S/C13H26N4O2/c1-4-14-11(3)10-12(18)16-6-8-17(9-7-16)13(19)15-5-2/h11,14H,4-10H2,1-3H3,(H,15,19). The molecule has 19 heavy (non-hydrogen) atoms. The summed E-state index contributed by atoms with van der Waals surface area (Å²) in [6.07, 6.45) is 0.523. The van der Waals surface area contributed by atoms with Crippen molar-refractivity contribution in [3.63, 3.8) is 0 Å². The lowest BCUT2D eigenvalue weighted by atomic mass is 10.2. The van der Waals surface area contributed by atoms with Gasteiger partial charge in [0.15, 0.2) is 0 Å². The van der Waals surface area contributed by atoms with Gasteiger partial charge < -0.3 is 20.4 Å². The van der Waals surface area contributed by atoms with Crippen molar-refractivity contribution in [1.82, 2.24) is 20.4 Å². The highest BCUT2D eigenvalue weighted by Gasteiger charge is 2.24. The highest BCUT2D eigenvalue weighted by Crippen LogP contribution is 2.05. The number of hydrogen-bond donors (Lipinski definition) is 2. The largest absolute Gasteiger partial charge is 0.339 e. The van der Waals surface area contributed by atoms with Gasteiger partial charge in [-0.1, -0.05) is 6.92 Å². The lowest BCUT2D eigenvalue weighted by Gasteiger charge is -2.35. The van der Waals surface area contributed by atoms with Crippen LogP contribution >= 0.6 is 0 Å². The number of nitrogens with zero attached hydrogens (tertiary/aromatic N) is 2. The number of hydrogen-bond acceptors (Lipinski definition) is 3. The van der Waals surface area contributed by atoms with Crippen molar-refractivity contribution in [1.29, 1.82) is 0 Å². The minimum atomic E-state index is -0.0318. The number of piperazine rings is 1. The van der Waals surface area contributed by atoms with Crippen molar-refractivity contribution in [3.05, 3.63) is 0 Å². The van der Waals surface area contributed by atoms with Gasteiger partial charge in [-0.05, 0) is 20.4 Å². The van der Waals surface area contributed by atoms with Crippen LogP contribution in [-0.2, 0) is 4.79 Å². The van der Waals surface area contributed by atoms with E-state index in [1.54, 1.807) is 4.90 Å². The van der Waals surface area contributed by atoms with Crippen LogP contribution in [0, 0.1) is 0 Å². The molecule has 0 saturated carbocycles. The molecule has 0 spiro atoms. The molecule has 0 aromatic heterocycles. The molecule has 1 aliphatic rings. The first kappa shape index (κ1) is 15.8. The summed E-state index contributed by atoms with van der Waals surface area (Å²) < 4.78 is 0. The van der Waals surface area contributed by atoms with E-state index in [0.717, 1.165) is 6.54 Å². The molecule has 110 valence electrons. The zero-order chi connectivity index (χ0) is 14.3. The second kappa shape index (κ2) is 7.99. The molecular formula is C13H26N4O2. The topological polar surface area (TPSA) is 64.7 Å². The fourth-order valence-electron chi connectivity index (χ4n) is 2.23. The minimum Gasteiger partial charge on any atom is -0.339 e. The van der Waals surface area contributed by atoms with Gasteiger partial charge in [-0.15, -0.1) is 0 Å². The van der Waals surface area contributed by atoms with E-state index in [1.165, 1.54) is 0 Å². The number of nitrogens with one attached hydrogen (secondary N) is 2. The van der Waals surface area contributed by atoms with Gasteiger partial charge in [0.05, 0.1) is 0 Å². The lowest BCUT2D eigenvalue weighted by molar-refractivity contribution is -0.133. The van der Waals surface area contributed by atoms with Crippen molar-refractivity contribution < 1.29 is 9.59 Å². The Bertz CT molecular complexity index is 301. The Morgan fingerprint density at radius 2 is 1.63 bits per heavy atom. The SMILES string of the molecule is CCNC(=O)N1CCN(C(=O)CC(C)NCC)CC1. The Hall–Kier alpha value is -1.30. The third kappa shape index (κ3) is 5.06. The van der Waals surface area contributed by atoms with E-state index in [0.29, 0.717) is 39.1 Å². The Balaban J connectivity index is 2.32. The summed E-state index contributed by atoms with van der Waals surface area (Å²) >= 11 is 0. The molecule has 0 aliphatic carbocycles. The van der Waals surface area contributed by atoms with Crippen LogP contribution in [0.2, 0.25) is 0 Å². The summed E-state index contributed by atoms with van der Waals surface area (Å²) in [6.45, 7) is 9.97. The molecule has 3 amide bonds. The average molecular weight is 270 g/mol. The maximum absolute atomic E-state index is 12.1. The van der Waals surface area contributed by atoms with Gasteiger partial charge >= 0.3 is 6.03 Å². The molecule has 0 aromatic rings. The van der Waals surface area contributed by atoms with Crippen molar-refractivity contribution in [2.75, 3.05) is 39.3 Å². The van der Waals surface area contributed by atoms with E-state index in [2.05, 4.69) is 10.6 Å². The van der Waals surface area contributed by atoms with Crippen molar-refractivity contribution in [2.24, 2.45) is 0 Å². The molecule has 2 N–H and O–H groups in total. The molecule has 1 aliphatic heterocycles. The number of amides is 3. The number of urea groups is 1. The molecule has 6 heteroatoms. The van der Waals surface area contributed by atoms with Gasteiger partial charge in [-0.3, -0.25) is 4.79 Å². The van der Waals surface area contributed by atoms with Crippen LogP contribution in [0.25, 0.3) is 0 Å². The summed E-state index contributed by atoms with van der Waals surface area (Å²) in [5, 5.41) is 6.02. The van der Waals surface area contributed by atoms with E-state index in [9.17, 15) is 9.59 Å². The van der Waals surface area contributed by atoms with Crippen LogP contribution in [0.1, 0.15) is 27.2 Å². The number of rotatable bonds is 5. The molecule has 1 rings (SSSR count). The monoisotopic (exact) mass is 270 g/mol. The van der Waals surface area contributed by atoms with Gasteiger partial charge in [-0.2, -0.15) is 0 Å². The van der Waals surface area contributed by atoms with Crippen LogP contribution in [0.3, 0.4) is 0 Å². The molecule has 1 heterocycles. The molecule has 1 atom stereocenters. The van der Waals surface area contributed by atoms with E-state index < -0.39 is 0 Å². The van der Waals surface area contributed by atoms with Gasteiger partial charge in [0.2, 0.25) is 5.91 Å². The smallest absolute Gasteiger partial charge is 0.317 e. The fourth-order valence-corrected chi connectivity index (χ4v) is 2.23. The summed E-state index contributed by atoms with van der Waals surface area (Å²) in [7, 11) is 0. The van der Waals surface area contributed by atoms with Gasteiger partial charge in [0, 0.05) is 45.2 Å². The third-order valence-electron chi connectivity index (χ3n) is 3.28. The predicted octanol–water partition coefficient (Wildman–Crippen LogP) is 0.248. The first-order valence-electron chi connectivity index (χ1n) is 7.12. The highest BCUT2D eigenvalue weighted by atomic mass is 16.2. The summed E-state index contributed by atoms with van der Waals surface area (Å²) in [5.41, 5.74) is 0. The van der Waals surface area contributed by atoms with E-state index >= 15 is 0 Å². The molecule has 1 fully saturated rings. The highest BCUT2D eigenvalue weighted by molar-refractivity contribution is 5.78. The molecule has 0 bridgehead atoms. The van der Waals surface area contributed by atoms with E-state index in [-0.39, 0.29) is 18.0 Å². The Morgan fingerprint density at radius 1 is 1.05 bits per heavy atom. The lowest BCUT2D eigenvalue weighted by Crippen LogP contribution is -2.53. The van der Waals surface area contributed by atoms with Gasteiger partial charge in [0.1, 0.15) is 0 Å².